The Morgan fingerprint density at radius 1 is 1.50 bits per heavy atom. The van der Waals surface area contributed by atoms with E-state index in [1.807, 2.05) is 0 Å². The number of amides is 1. The molecule has 0 radical (unpaired) electrons. The molecule has 1 amide bonds. The number of hydrogen-bond donors (Lipinski definition) is 3. The maximum Gasteiger partial charge on any atom is 0.230 e. The third-order valence-electron chi connectivity index (χ3n) is 1.47. The largest absolute Gasteiger partial charge is 0.394 e. The van der Waals surface area contributed by atoms with E-state index in [0.29, 0.717) is 12.4 Å². The van der Waals surface area contributed by atoms with Crippen LogP contribution in [0.5, 0.6) is 0 Å². The van der Waals surface area contributed by atoms with Crippen LogP contribution in [0.2, 0.25) is 0 Å². The van der Waals surface area contributed by atoms with Gasteiger partial charge in [0.2, 0.25) is 5.91 Å². The second kappa shape index (κ2) is 9.26. The number of rotatable bonds is 8. The smallest absolute Gasteiger partial charge is 0.230 e. The molecule has 3 N–H and O–H groups in total. The first-order valence-electron chi connectivity index (χ1n) is 4.32. The van der Waals surface area contributed by atoms with Gasteiger partial charge in [0.15, 0.2) is 0 Å². The zero-order chi connectivity index (χ0) is 10.8. The number of nitrogens with one attached hydrogen (secondary N) is 1. The summed E-state index contributed by atoms with van der Waals surface area (Å²) < 4.78 is 4.81. The molecule has 14 heavy (non-hydrogen) atoms. The summed E-state index contributed by atoms with van der Waals surface area (Å²) in [5.41, 5.74) is 0. The van der Waals surface area contributed by atoms with Crippen LogP contribution in [0.25, 0.3) is 0 Å². The van der Waals surface area contributed by atoms with E-state index in [1.54, 1.807) is 7.11 Å². The molecule has 0 saturated carbocycles. The molecule has 0 unspecified atom stereocenters. The second-order valence-corrected chi connectivity index (χ2v) is 3.78. The highest BCUT2D eigenvalue weighted by molar-refractivity contribution is 7.99. The fourth-order valence-corrected chi connectivity index (χ4v) is 1.42. The van der Waals surface area contributed by atoms with Gasteiger partial charge in [-0.15, -0.1) is 11.8 Å². The van der Waals surface area contributed by atoms with Gasteiger partial charge < -0.3 is 20.3 Å². The summed E-state index contributed by atoms with van der Waals surface area (Å²) in [5.74, 6) is 0.895. The van der Waals surface area contributed by atoms with Crippen LogP contribution in [-0.2, 0) is 9.53 Å². The van der Waals surface area contributed by atoms with E-state index in [-0.39, 0.29) is 19.1 Å². The lowest BCUT2D eigenvalue weighted by Gasteiger charge is -2.12. The first kappa shape index (κ1) is 13.7. The molecule has 0 saturated heterocycles. The van der Waals surface area contributed by atoms with E-state index in [1.165, 1.54) is 11.8 Å². The first-order valence-corrected chi connectivity index (χ1v) is 5.47. The second-order valence-electron chi connectivity index (χ2n) is 2.67. The van der Waals surface area contributed by atoms with Crippen LogP contribution < -0.4 is 5.32 Å². The lowest BCUT2D eigenvalue weighted by Crippen LogP contribution is -2.41. The van der Waals surface area contributed by atoms with Crippen LogP contribution in [0.1, 0.15) is 0 Å². The van der Waals surface area contributed by atoms with E-state index in [9.17, 15) is 4.79 Å². The molecule has 0 aliphatic carbocycles. The summed E-state index contributed by atoms with van der Waals surface area (Å²) in [6.07, 6.45) is 0. The van der Waals surface area contributed by atoms with Crippen LogP contribution in [0.3, 0.4) is 0 Å². The molecule has 0 aromatic heterocycles. The highest BCUT2D eigenvalue weighted by atomic mass is 32.2. The number of hydrogen-bond acceptors (Lipinski definition) is 5. The summed E-state index contributed by atoms with van der Waals surface area (Å²) in [5, 5.41) is 19.9. The van der Waals surface area contributed by atoms with Gasteiger partial charge in [-0.05, 0) is 0 Å². The number of carbonyl (C=O) groups excluding carboxylic acids is 1. The lowest BCUT2D eigenvalue weighted by atomic mass is 10.3. The Kier molecular flexibility index (Phi) is 9.06. The van der Waals surface area contributed by atoms with E-state index in [4.69, 9.17) is 14.9 Å². The van der Waals surface area contributed by atoms with E-state index >= 15 is 0 Å². The molecule has 0 aliphatic rings. The van der Waals surface area contributed by atoms with Gasteiger partial charge in [0.05, 0.1) is 31.6 Å². The van der Waals surface area contributed by atoms with Gasteiger partial charge in [0.1, 0.15) is 0 Å². The maximum absolute atomic E-state index is 11.1. The molecule has 0 aromatic rings. The molecule has 0 fully saturated rings. The average Bonchev–Trinajstić information content (AvgIpc) is 2.21. The summed E-state index contributed by atoms with van der Waals surface area (Å²) in [6.45, 7) is 0.122. The quantitative estimate of drug-likeness (QED) is 0.452. The number of methoxy groups -OCH3 is 1. The van der Waals surface area contributed by atoms with Crippen molar-refractivity contribution in [2.75, 3.05) is 38.4 Å². The summed E-state index contributed by atoms with van der Waals surface area (Å²) in [7, 11) is 1.61. The molecule has 0 bridgehead atoms. The third-order valence-corrected chi connectivity index (χ3v) is 2.39. The zero-order valence-corrected chi connectivity index (χ0v) is 9.05. The number of ether oxygens (including phenoxy) is 1. The van der Waals surface area contributed by atoms with Crippen LogP contribution in [0.15, 0.2) is 0 Å². The van der Waals surface area contributed by atoms with Gasteiger partial charge in [-0.25, -0.2) is 0 Å². The molecule has 0 heterocycles. The predicted molar refractivity (Wildman–Crippen MR) is 55.3 cm³/mol. The van der Waals surface area contributed by atoms with Gasteiger partial charge >= 0.3 is 0 Å². The van der Waals surface area contributed by atoms with Crippen molar-refractivity contribution in [2.45, 2.75) is 6.04 Å². The van der Waals surface area contributed by atoms with E-state index in [2.05, 4.69) is 5.32 Å². The number of carbonyl (C=O) groups is 1. The van der Waals surface area contributed by atoms with Crippen molar-refractivity contribution in [3.63, 3.8) is 0 Å². The fourth-order valence-electron chi connectivity index (χ4n) is 0.725. The fraction of sp³-hybridized carbons (Fsp3) is 0.875. The van der Waals surface area contributed by atoms with Crippen molar-refractivity contribution >= 4 is 17.7 Å². The van der Waals surface area contributed by atoms with E-state index < -0.39 is 6.04 Å². The number of aliphatic hydroxyl groups excluding tert-OH is 2. The van der Waals surface area contributed by atoms with Crippen molar-refractivity contribution in [1.82, 2.24) is 5.32 Å². The third kappa shape index (κ3) is 7.14. The zero-order valence-electron chi connectivity index (χ0n) is 8.23. The number of aliphatic hydroxyl groups is 2. The van der Waals surface area contributed by atoms with Gasteiger partial charge in [0.25, 0.3) is 0 Å². The molecule has 0 aliphatic heterocycles. The maximum atomic E-state index is 11.1. The number of thioether (sulfide) groups is 1. The SMILES string of the molecule is COCCSCC(=O)NC(CO)CO. The Bertz CT molecular complexity index is 152. The minimum atomic E-state index is -0.550. The highest BCUT2D eigenvalue weighted by Crippen LogP contribution is 1.98. The summed E-state index contributed by atoms with van der Waals surface area (Å²) in [6, 6.07) is -0.550. The molecule has 5 nitrogen and oxygen atoms in total. The lowest BCUT2D eigenvalue weighted by molar-refractivity contribution is -0.119. The molecular formula is C8H17NO4S. The van der Waals surface area contributed by atoms with Crippen molar-refractivity contribution in [1.29, 1.82) is 0 Å². The summed E-state index contributed by atoms with van der Waals surface area (Å²) in [4.78, 5) is 11.1. The minimum absolute atomic E-state index is 0.181. The van der Waals surface area contributed by atoms with Gasteiger partial charge in [-0.2, -0.15) is 0 Å². The molecule has 6 heteroatoms. The van der Waals surface area contributed by atoms with Gasteiger partial charge in [0, 0.05) is 12.9 Å². The van der Waals surface area contributed by atoms with E-state index in [0.717, 1.165) is 5.75 Å². The topological polar surface area (TPSA) is 78.8 Å². The Labute approximate surface area is 87.8 Å². The van der Waals surface area contributed by atoms with Crippen LogP contribution in [0, 0.1) is 0 Å². The van der Waals surface area contributed by atoms with Gasteiger partial charge in [-0.1, -0.05) is 0 Å². The molecule has 0 rings (SSSR count). The average molecular weight is 223 g/mol. The minimum Gasteiger partial charge on any atom is -0.394 e. The Hall–Kier alpha value is -0.300. The van der Waals surface area contributed by atoms with Crippen molar-refractivity contribution in [3.05, 3.63) is 0 Å². The summed E-state index contributed by atoms with van der Waals surface area (Å²) >= 11 is 1.45. The molecule has 0 atom stereocenters. The highest BCUT2D eigenvalue weighted by Gasteiger charge is 2.09. The Balaban J connectivity index is 3.44. The predicted octanol–water partition coefficient (Wildman–Crippen LogP) is -1.16. The standard InChI is InChI=1S/C8H17NO4S/c1-13-2-3-14-6-8(12)9-7(4-10)5-11/h7,10-11H,2-6H2,1H3,(H,9,12). The first-order chi connectivity index (χ1) is 6.74. The Morgan fingerprint density at radius 3 is 2.64 bits per heavy atom. The van der Waals surface area contributed by atoms with Crippen molar-refractivity contribution < 1.29 is 19.7 Å². The Morgan fingerprint density at radius 2 is 2.14 bits per heavy atom. The monoisotopic (exact) mass is 223 g/mol. The van der Waals surface area contributed by atoms with Crippen molar-refractivity contribution in [2.24, 2.45) is 0 Å². The van der Waals surface area contributed by atoms with Gasteiger partial charge in [-0.3, -0.25) is 4.79 Å². The molecular weight excluding hydrogens is 206 g/mol. The molecule has 0 aromatic carbocycles. The van der Waals surface area contributed by atoms with Crippen LogP contribution >= 0.6 is 11.8 Å². The molecule has 0 spiro atoms. The van der Waals surface area contributed by atoms with Crippen LogP contribution in [0.4, 0.5) is 0 Å². The van der Waals surface area contributed by atoms with Crippen LogP contribution in [-0.4, -0.2) is 60.6 Å². The normalized spacial score (nSPS) is 10.6. The molecule has 84 valence electrons. The van der Waals surface area contributed by atoms with Crippen molar-refractivity contribution in [3.8, 4) is 0 Å².